The van der Waals surface area contributed by atoms with E-state index in [-0.39, 0.29) is 41.3 Å². The fourth-order valence-electron chi connectivity index (χ4n) is 3.73. The fourth-order valence-corrected chi connectivity index (χ4v) is 3.73. The lowest BCUT2D eigenvalue weighted by molar-refractivity contribution is -0.114. The molecule has 1 fully saturated rings. The largest absolute Gasteiger partial charge is 0.508 e. The number of hydrogen-bond acceptors (Lipinski definition) is 6. The van der Waals surface area contributed by atoms with Crippen molar-refractivity contribution in [3.8, 4) is 11.5 Å². The Labute approximate surface area is 168 Å². The second-order valence-corrected chi connectivity index (χ2v) is 7.38. The van der Waals surface area contributed by atoms with Gasteiger partial charge in [-0.05, 0) is 36.1 Å². The van der Waals surface area contributed by atoms with Crippen LogP contribution in [0.3, 0.4) is 0 Å². The number of phenolic OH excluding ortho intramolecular Hbond substituents is 2. The minimum absolute atomic E-state index is 0.0204. The number of rotatable bonds is 1. The monoisotopic (exact) mass is 394 g/mol. The third kappa shape index (κ3) is 4.49. The number of cyclic esters (lactones) is 1. The predicted octanol–water partition coefficient (Wildman–Crippen LogP) is 3.62. The van der Waals surface area contributed by atoms with Gasteiger partial charge in [-0.15, -0.1) is 0 Å². The Hall–Kier alpha value is -3.12. The average Bonchev–Trinajstić information content (AvgIpc) is 3.42. The SMILES string of the molecule is O=C1C=CCCC2OC2C[C@H](c2ccccc2)OC(=O)c2c(O)cc(O)cc2C1. The molecule has 0 aliphatic carbocycles. The van der Waals surface area contributed by atoms with Gasteiger partial charge in [-0.1, -0.05) is 36.4 Å². The van der Waals surface area contributed by atoms with Crippen molar-refractivity contribution in [1.29, 1.82) is 0 Å². The summed E-state index contributed by atoms with van der Waals surface area (Å²) in [6, 6.07) is 11.8. The zero-order valence-electron chi connectivity index (χ0n) is 15.8. The first-order valence-corrected chi connectivity index (χ1v) is 9.67. The molecule has 1 saturated heterocycles. The number of allylic oxidation sites excluding steroid dienone is 2. The van der Waals surface area contributed by atoms with Crippen LogP contribution in [0, 0.1) is 0 Å². The third-order valence-corrected chi connectivity index (χ3v) is 5.23. The van der Waals surface area contributed by atoms with Gasteiger partial charge in [-0.25, -0.2) is 4.79 Å². The summed E-state index contributed by atoms with van der Waals surface area (Å²) in [5, 5.41) is 20.1. The summed E-state index contributed by atoms with van der Waals surface area (Å²) in [5.41, 5.74) is 0.959. The summed E-state index contributed by atoms with van der Waals surface area (Å²) in [5.74, 6) is -1.60. The number of fused-ring (bicyclic) bond motifs is 2. The number of carbonyl (C=O) groups is 2. The number of hydrogen-bond donors (Lipinski definition) is 2. The van der Waals surface area contributed by atoms with E-state index in [2.05, 4.69) is 0 Å². The molecule has 2 aliphatic rings. The maximum atomic E-state index is 13.0. The van der Waals surface area contributed by atoms with E-state index in [1.54, 1.807) is 6.08 Å². The quantitative estimate of drug-likeness (QED) is 0.567. The average molecular weight is 394 g/mol. The van der Waals surface area contributed by atoms with E-state index in [4.69, 9.17) is 9.47 Å². The fraction of sp³-hybridized carbons (Fsp3) is 0.304. The molecule has 2 aliphatic heterocycles. The second kappa shape index (κ2) is 8.09. The summed E-state index contributed by atoms with van der Waals surface area (Å²) in [6.07, 6.45) is 4.66. The van der Waals surface area contributed by atoms with Crippen LogP contribution in [0.15, 0.2) is 54.6 Å². The van der Waals surface area contributed by atoms with Gasteiger partial charge in [0.2, 0.25) is 0 Å². The summed E-state index contributed by atoms with van der Waals surface area (Å²) in [4.78, 5) is 25.3. The Morgan fingerprint density at radius 2 is 1.79 bits per heavy atom. The van der Waals surface area contributed by atoms with Crippen molar-refractivity contribution in [2.75, 3.05) is 0 Å². The van der Waals surface area contributed by atoms with E-state index in [0.717, 1.165) is 18.1 Å². The Balaban J connectivity index is 1.71. The van der Waals surface area contributed by atoms with Crippen molar-refractivity contribution >= 4 is 11.8 Å². The molecule has 6 heteroatoms. The number of carbonyl (C=O) groups excluding carboxylic acids is 2. The standard InChI is InChI=1S/C23H22O6/c24-16-8-4-5-9-19-21(28-19)13-20(14-6-2-1-3-7-14)29-23(27)22-15(10-16)11-17(25)12-18(22)26/h1-4,6-8,11-12,19-21,25-26H,5,9-10,13H2/t19?,20-,21?/m1/s1. The molecule has 0 saturated carbocycles. The first-order valence-electron chi connectivity index (χ1n) is 9.67. The van der Waals surface area contributed by atoms with Crippen molar-refractivity contribution in [1.82, 2.24) is 0 Å². The maximum Gasteiger partial charge on any atom is 0.342 e. The summed E-state index contributed by atoms with van der Waals surface area (Å²) in [6.45, 7) is 0. The Bertz CT molecular complexity index is 949. The zero-order valence-corrected chi connectivity index (χ0v) is 15.8. The molecule has 6 nitrogen and oxygen atoms in total. The first kappa shape index (κ1) is 19.2. The third-order valence-electron chi connectivity index (χ3n) is 5.23. The van der Waals surface area contributed by atoms with E-state index in [9.17, 15) is 19.8 Å². The lowest BCUT2D eigenvalue weighted by Crippen LogP contribution is -2.17. The molecule has 4 rings (SSSR count). The van der Waals surface area contributed by atoms with Gasteiger partial charge >= 0.3 is 5.97 Å². The van der Waals surface area contributed by atoms with Crippen LogP contribution in [0.2, 0.25) is 0 Å². The molecule has 0 bridgehead atoms. The number of ketones is 1. The molecule has 2 N–H and O–H groups in total. The minimum Gasteiger partial charge on any atom is -0.508 e. The molecule has 0 spiro atoms. The molecular weight excluding hydrogens is 372 g/mol. The van der Waals surface area contributed by atoms with Gasteiger partial charge in [0.15, 0.2) is 5.78 Å². The van der Waals surface area contributed by atoms with Crippen LogP contribution in [0.5, 0.6) is 11.5 Å². The highest BCUT2D eigenvalue weighted by Crippen LogP contribution is 2.38. The Morgan fingerprint density at radius 1 is 1.00 bits per heavy atom. The first-order chi connectivity index (χ1) is 14.0. The summed E-state index contributed by atoms with van der Waals surface area (Å²) in [7, 11) is 0. The van der Waals surface area contributed by atoms with E-state index in [0.29, 0.717) is 12.8 Å². The van der Waals surface area contributed by atoms with Crippen LogP contribution < -0.4 is 0 Å². The number of phenols is 2. The van der Waals surface area contributed by atoms with Crippen LogP contribution in [0.25, 0.3) is 0 Å². The van der Waals surface area contributed by atoms with E-state index in [1.165, 1.54) is 12.1 Å². The smallest absolute Gasteiger partial charge is 0.342 e. The van der Waals surface area contributed by atoms with E-state index < -0.39 is 17.8 Å². The molecule has 0 aromatic heterocycles. The second-order valence-electron chi connectivity index (χ2n) is 7.38. The van der Waals surface area contributed by atoms with Crippen LogP contribution >= 0.6 is 0 Å². The van der Waals surface area contributed by atoms with Crippen molar-refractivity contribution in [3.63, 3.8) is 0 Å². The lowest BCUT2D eigenvalue weighted by Gasteiger charge is -2.19. The Morgan fingerprint density at radius 3 is 2.59 bits per heavy atom. The molecule has 0 radical (unpaired) electrons. The van der Waals surface area contributed by atoms with Crippen LogP contribution in [0.1, 0.15) is 46.9 Å². The molecule has 2 aromatic carbocycles. The molecular formula is C23H22O6. The number of ether oxygens (including phenoxy) is 2. The molecule has 2 aromatic rings. The predicted molar refractivity (Wildman–Crippen MR) is 105 cm³/mol. The van der Waals surface area contributed by atoms with E-state index >= 15 is 0 Å². The Kier molecular flexibility index (Phi) is 5.36. The van der Waals surface area contributed by atoms with E-state index in [1.807, 2.05) is 30.3 Å². The molecule has 150 valence electrons. The van der Waals surface area contributed by atoms with Gasteiger partial charge in [0.25, 0.3) is 0 Å². The van der Waals surface area contributed by atoms with Crippen LogP contribution in [0.4, 0.5) is 0 Å². The number of esters is 1. The zero-order chi connectivity index (χ0) is 20.4. The molecule has 0 amide bonds. The molecule has 3 atom stereocenters. The van der Waals surface area contributed by atoms with Gasteiger partial charge in [0.05, 0.1) is 12.2 Å². The number of aromatic hydroxyl groups is 2. The molecule has 2 heterocycles. The number of benzene rings is 2. The minimum atomic E-state index is -0.739. The molecule has 29 heavy (non-hydrogen) atoms. The van der Waals surface area contributed by atoms with Crippen molar-refractivity contribution in [3.05, 3.63) is 71.3 Å². The highest BCUT2D eigenvalue weighted by Gasteiger charge is 2.41. The van der Waals surface area contributed by atoms with Gasteiger partial charge in [0.1, 0.15) is 23.2 Å². The van der Waals surface area contributed by atoms with Crippen LogP contribution in [-0.4, -0.2) is 34.2 Å². The normalized spacial score (nSPS) is 24.8. The summed E-state index contributed by atoms with van der Waals surface area (Å²) < 4.78 is 11.5. The van der Waals surface area contributed by atoms with Crippen molar-refractivity contribution < 1.29 is 29.3 Å². The van der Waals surface area contributed by atoms with Gasteiger partial charge < -0.3 is 19.7 Å². The maximum absolute atomic E-state index is 13.0. The van der Waals surface area contributed by atoms with Crippen molar-refractivity contribution in [2.45, 2.75) is 44.0 Å². The van der Waals surface area contributed by atoms with Crippen LogP contribution in [-0.2, 0) is 20.7 Å². The highest BCUT2D eigenvalue weighted by molar-refractivity contribution is 5.98. The van der Waals surface area contributed by atoms with Gasteiger partial charge in [0, 0.05) is 18.9 Å². The highest BCUT2D eigenvalue weighted by atomic mass is 16.6. The van der Waals surface area contributed by atoms with Gasteiger partial charge in [-0.2, -0.15) is 0 Å². The molecule has 2 unspecified atom stereocenters. The van der Waals surface area contributed by atoms with Gasteiger partial charge in [-0.3, -0.25) is 4.79 Å². The van der Waals surface area contributed by atoms with Crippen molar-refractivity contribution in [2.24, 2.45) is 0 Å². The number of epoxide rings is 1. The summed E-state index contributed by atoms with van der Waals surface area (Å²) >= 11 is 0. The lowest BCUT2D eigenvalue weighted by atomic mass is 9.98. The topological polar surface area (TPSA) is 96.4 Å².